The fourth-order valence-electron chi connectivity index (χ4n) is 5.25. The number of aromatic nitrogens is 1. The van der Waals surface area contributed by atoms with Gasteiger partial charge in [0.1, 0.15) is 7.05 Å². The third kappa shape index (κ3) is 4.29. The Bertz CT molecular complexity index is 1120. The zero-order valence-corrected chi connectivity index (χ0v) is 20.9. The van der Waals surface area contributed by atoms with Crippen LogP contribution in [-0.4, -0.2) is 0 Å². The van der Waals surface area contributed by atoms with Gasteiger partial charge in [-0.2, -0.15) is 4.57 Å². The molecule has 1 fully saturated rings. The number of nitrogens with zero attached hydrogens (tertiary/aromatic N) is 1. The Kier molecular flexibility index (Phi) is 5.53. The minimum Gasteiger partial charge on any atom is -0.198 e. The van der Waals surface area contributed by atoms with Gasteiger partial charge in [0.25, 0.3) is 0 Å². The van der Waals surface area contributed by atoms with E-state index in [9.17, 15) is 0 Å². The van der Waals surface area contributed by atoms with Gasteiger partial charge in [-0.25, -0.2) is 0 Å². The molecule has 3 aromatic rings. The number of aryl methyl sites for hydroxylation is 2. The maximum absolute atomic E-state index is 2.48. The molecule has 0 N–H and O–H groups in total. The molecule has 0 unspecified atom stereocenters. The van der Waals surface area contributed by atoms with Crippen molar-refractivity contribution in [2.24, 2.45) is 12.5 Å². The Morgan fingerprint density at radius 2 is 1.58 bits per heavy atom. The molecule has 1 aromatic heterocycles. The first-order valence-corrected chi connectivity index (χ1v) is 12.0. The maximum atomic E-state index is 2.48. The van der Waals surface area contributed by atoms with Crippen LogP contribution in [0.1, 0.15) is 88.6 Å². The highest BCUT2D eigenvalue weighted by atomic mass is 14.9. The van der Waals surface area contributed by atoms with Gasteiger partial charge in [0.2, 0.25) is 5.69 Å². The first-order valence-electron chi connectivity index (χ1n) is 12.0. The van der Waals surface area contributed by atoms with Crippen LogP contribution >= 0.6 is 0 Å². The molecule has 1 heteroatoms. The van der Waals surface area contributed by atoms with Crippen LogP contribution in [0.2, 0.25) is 0 Å². The number of fused-ring (bicyclic) bond motifs is 1. The number of hydrogen-bond donors (Lipinski definition) is 0. The van der Waals surface area contributed by atoms with Gasteiger partial charge < -0.3 is 0 Å². The lowest BCUT2D eigenvalue weighted by molar-refractivity contribution is -0.665. The van der Waals surface area contributed by atoms with Gasteiger partial charge in [-0.3, -0.25) is 0 Å². The van der Waals surface area contributed by atoms with E-state index in [0.29, 0.717) is 11.3 Å². The standard InChI is InChI=1S/C30H40N/c1-20-9-11-25(29(3,4)5)19-27(20)28-26-12-10-23(18-24(26)17-21(2)31(28)8)22-13-15-30(6,7)16-14-22/h9-12,17-19,22H,13-16H2,1-8H3/q+1. The topological polar surface area (TPSA) is 3.88 Å². The van der Waals surface area contributed by atoms with Crippen molar-refractivity contribution >= 4 is 10.8 Å². The second kappa shape index (κ2) is 7.76. The quantitative estimate of drug-likeness (QED) is 0.375. The van der Waals surface area contributed by atoms with E-state index in [2.05, 4.69) is 103 Å². The van der Waals surface area contributed by atoms with Gasteiger partial charge in [0.15, 0.2) is 5.69 Å². The van der Waals surface area contributed by atoms with Crippen LogP contribution in [0.3, 0.4) is 0 Å². The fraction of sp³-hybridized carbons (Fsp3) is 0.500. The monoisotopic (exact) mass is 414 g/mol. The molecular formula is C30H40N+. The highest BCUT2D eigenvalue weighted by Gasteiger charge is 2.28. The van der Waals surface area contributed by atoms with E-state index in [1.54, 1.807) is 0 Å². The summed E-state index contributed by atoms with van der Waals surface area (Å²) in [5.74, 6) is 0.709. The first-order chi connectivity index (χ1) is 14.5. The number of rotatable bonds is 2. The number of hydrogen-bond acceptors (Lipinski definition) is 0. The molecule has 1 nitrogen and oxygen atoms in total. The summed E-state index contributed by atoms with van der Waals surface area (Å²) in [7, 11) is 2.21. The summed E-state index contributed by atoms with van der Waals surface area (Å²) < 4.78 is 2.37. The van der Waals surface area contributed by atoms with E-state index in [0.717, 1.165) is 0 Å². The van der Waals surface area contributed by atoms with E-state index in [1.807, 2.05) is 0 Å². The van der Waals surface area contributed by atoms with Crippen LogP contribution in [0.15, 0.2) is 42.5 Å². The molecule has 0 aliphatic heterocycles. The van der Waals surface area contributed by atoms with Crippen molar-refractivity contribution in [1.82, 2.24) is 0 Å². The Hall–Kier alpha value is -2.15. The summed E-state index contributed by atoms with van der Waals surface area (Å²) in [4.78, 5) is 0. The molecule has 2 aromatic carbocycles. The van der Waals surface area contributed by atoms with Crippen molar-refractivity contribution < 1.29 is 4.57 Å². The van der Waals surface area contributed by atoms with Crippen LogP contribution in [0, 0.1) is 19.3 Å². The Balaban J connectivity index is 1.85. The van der Waals surface area contributed by atoms with Crippen LogP contribution < -0.4 is 4.57 Å². The first kappa shape index (κ1) is 22.1. The molecule has 0 amide bonds. The molecule has 0 atom stereocenters. The molecular weight excluding hydrogens is 374 g/mol. The van der Waals surface area contributed by atoms with E-state index < -0.39 is 0 Å². The second-order valence-corrected chi connectivity index (χ2v) is 11.8. The average Bonchev–Trinajstić information content (AvgIpc) is 2.69. The third-order valence-electron chi connectivity index (χ3n) is 7.73. The van der Waals surface area contributed by atoms with Crippen LogP contribution in [-0.2, 0) is 12.5 Å². The Labute approximate surface area is 189 Å². The fourth-order valence-corrected chi connectivity index (χ4v) is 5.25. The average molecular weight is 415 g/mol. The molecule has 164 valence electrons. The van der Waals surface area contributed by atoms with E-state index in [1.165, 1.54) is 70.1 Å². The van der Waals surface area contributed by atoms with E-state index in [-0.39, 0.29) is 5.41 Å². The van der Waals surface area contributed by atoms with Gasteiger partial charge >= 0.3 is 0 Å². The van der Waals surface area contributed by atoms with E-state index >= 15 is 0 Å². The smallest absolute Gasteiger partial charge is 0.198 e. The molecule has 0 spiro atoms. The van der Waals surface area contributed by atoms with Crippen molar-refractivity contribution in [1.29, 1.82) is 0 Å². The minimum atomic E-state index is 0.141. The molecule has 4 rings (SSSR count). The van der Waals surface area contributed by atoms with Crippen molar-refractivity contribution in [3.05, 3.63) is 64.8 Å². The zero-order valence-electron chi connectivity index (χ0n) is 20.9. The molecule has 0 saturated heterocycles. The lowest BCUT2D eigenvalue weighted by Crippen LogP contribution is -2.35. The van der Waals surface area contributed by atoms with Crippen LogP contribution in [0.25, 0.3) is 22.0 Å². The lowest BCUT2D eigenvalue weighted by Gasteiger charge is -2.34. The summed E-state index contributed by atoms with van der Waals surface area (Å²) in [5.41, 5.74) is 8.93. The van der Waals surface area contributed by atoms with Crippen molar-refractivity contribution in [2.45, 2.75) is 85.5 Å². The molecule has 1 heterocycles. The van der Waals surface area contributed by atoms with Crippen LogP contribution in [0.4, 0.5) is 0 Å². The predicted molar refractivity (Wildman–Crippen MR) is 134 cm³/mol. The van der Waals surface area contributed by atoms with Gasteiger partial charge in [-0.1, -0.05) is 58.9 Å². The van der Waals surface area contributed by atoms with Crippen molar-refractivity contribution in [2.75, 3.05) is 0 Å². The Morgan fingerprint density at radius 3 is 2.23 bits per heavy atom. The predicted octanol–water partition coefficient (Wildman–Crippen LogP) is 7.93. The van der Waals surface area contributed by atoms with E-state index in [4.69, 9.17) is 0 Å². The summed E-state index contributed by atoms with van der Waals surface area (Å²) in [6, 6.07) is 16.7. The van der Waals surface area contributed by atoms with Gasteiger partial charge in [-0.15, -0.1) is 0 Å². The molecule has 0 radical (unpaired) electrons. The molecule has 1 aliphatic carbocycles. The SMILES string of the molecule is Cc1ccc(C(C)(C)C)cc1-c1c2ccc(C3CCC(C)(C)CC3)cc2cc(C)[n+]1C. The highest BCUT2D eigenvalue weighted by Crippen LogP contribution is 2.43. The largest absolute Gasteiger partial charge is 0.220 e. The third-order valence-corrected chi connectivity index (χ3v) is 7.73. The normalized spacial score (nSPS) is 17.3. The van der Waals surface area contributed by atoms with Crippen LogP contribution in [0.5, 0.6) is 0 Å². The van der Waals surface area contributed by atoms with Gasteiger partial charge in [0, 0.05) is 13.0 Å². The van der Waals surface area contributed by atoms with Gasteiger partial charge in [-0.05, 0) is 83.6 Å². The highest BCUT2D eigenvalue weighted by molar-refractivity contribution is 5.94. The minimum absolute atomic E-state index is 0.141. The second-order valence-electron chi connectivity index (χ2n) is 11.8. The molecule has 31 heavy (non-hydrogen) atoms. The van der Waals surface area contributed by atoms with Crippen molar-refractivity contribution in [3.63, 3.8) is 0 Å². The lowest BCUT2D eigenvalue weighted by atomic mass is 9.71. The molecule has 1 aliphatic rings. The number of pyridine rings is 1. The summed E-state index contributed by atoms with van der Waals surface area (Å²) in [5, 5.41) is 2.75. The maximum Gasteiger partial charge on any atom is 0.220 e. The van der Waals surface area contributed by atoms with Crippen molar-refractivity contribution in [3.8, 4) is 11.3 Å². The zero-order chi connectivity index (χ0) is 22.6. The summed E-state index contributed by atoms with van der Waals surface area (Å²) in [6.45, 7) is 16.2. The summed E-state index contributed by atoms with van der Waals surface area (Å²) >= 11 is 0. The molecule has 0 bridgehead atoms. The number of benzene rings is 2. The van der Waals surface area contributed by atoms with Gasteiger partial charge in [0.05, 0.1) is 10.9 Å². The molecule has 1 saturated carbocycles. The summed E-state index contributed by atoms with van der Waals surface area (Å²) in [6.07, 6.45) is 5.31. The Morgan fingerprint density at radius 1 is 0.903 bits per heavy atom.